The summed E-state index contributed by atoms with van der Waals surface area (Å²) in [5, 5.41) is 18.9. The Morgan fingerprint density at radius 2 is 1.03 bits per heavy atom. The van der Waals surface area contributed by atoms with E-state index in [1.807, 2.05) is 0 Å². The summed E-state index contributed by atoms with van der Waals surface area (Å²) in [7, 11) is -4.25. The highest BCUT2D eigenvalue weighted by molar-refractivity contribution is 7.96. The quantitative estimate of drug-likeness (QED) is 0.0824. The summed E-state index contributed by atoms with van der Waals surface area (Å²) in [6, 6.07) is 0. The minimum absolute atomic E-state index is 0.120. The molecule has 0 aromatic carbocycles. The summed E-state index contributed by atoms with van der Waals surface area (Å²) in [6.07, 6.45) is 22.5. The van der Waals surface area contributed by atoms with Crippen LogP contribution in [0.25, 0.3) is 0 Å². The highest BCUT2D eigenvalue weighted by Crippen LogP contribution is 2.14. The molecule has 0 spiro atoms. The van der Waals surface area contributed by atoms with E-state index in [1.54, 1.807) is 0 Å². The lowest BCUT2D eigenvalue weighted by Gasteiger charge is -2.11. The standard InChI is InChI=1S/C24H51O2S.H2O4S/c1-3-5-6-7-8-9-10-11-12-13-14-15-16-17-21-27(22-18-20-25)23-19-24(26)4-2;1-5(2,3)4/h24-26H,3-23H2,1-2H3;(H2,1,2,3,4)/q+1;. The van der Waals surface area contributed by atoms with Gasteiger partial charge >= 0.3 is 10.4 Å². The van der Waals surface area contributed by atoms with Crippen LogP contribution >= 0.6 is 0 Å². The van der Waals surface area contributed by atoms with Crippen LogP contribution in [0.15, 0.2) is 0 Å². The zero-order valence-corrected chi connectivity index (χ0v) is 22.5. The van der Waals surface area contributed by atoms with Gasteiger partial charge in [-0.2, -0.15) is 8.42 Å². The second kappa shape index (κ2) is 25.8. The lowest BCUT2D eigenvalue weighted by molar-refractivity contribution is 0.167. The molecule has 0 fully saturated rings. The highest BCUT2D eigenvalue weighted by atomic mass is 32.3. The smallest absolute Gasteiger partial charge is 0.394 e. The molecule has 0 aromatic heterocycles. The summed E-state index contributed by atoms with van der Waals surface area (Å²) in [6.45, 7) is 4.66. The van der Waals surface area contributed by atoms with Gasteiger partial charge in [0.25, 0.3) is 0 Å². The molecule has 0 aromatic rings. The SMILES string of the molecule is CCCCCCCCCCCCCCCC[S+](CCCO)CCC(O)CC.O=S(=O)(O)O. The van der Waals surface area contributed by atoms with Crippen molar-refractivity contribution in [3.63, 3.8) is 0 Å². The van der Waals surface area contributed by atoms with Gasteiger partial charge in [-0.15, -0.1) is 0 Å². The van der Waals surface area contributed by atoms with Crippen LogP contribution in [0.1, 0.15) is 123 Å². The molecule has 0 saturated heterocycles. The fourth-order valence-corrected chi connectivity index (χ4v) is 5.95. The van der Waals surface area contributed by atoms with Crippen molar-refractivity contribution < 1.29 is 27.7 Å². The van der Waals surface area contributed by atoms with E-state index in [9.17, 15) is 5.11 Å². The average Bonchev–Trinajstić information content (AvgIpc) is 2.73. The molecule has 0 amide bonds. The molecule has 0 bridgehead atoms. The van der Waals surface area contributed by atoms with Crippen molar-refractivity contribution in [2.24, 2.45) is 0 Å². The van der Waals surface area contributed by atoms with Crippen LogP contribution in [0.2, 0.25) is 0 Å². The van der Waals surface area contributed by atoms with Gasteiger partial charge in [0.1, 0.15) is 17.3 Å². The predicted molar refractivity (Wildman–Crippen MR) is 139 cm³/mol. The summed E-state index contributed by atoms with van der Waals surface area (Å²) < 4.78 is 31.6. The molecule has 2 unspecified atom stereocenters. The van der Waals surface area contributed by atoms with Gasteiger partial charge in [-0.3, -0.25) is 9.11 Å². The maximum Gasteiger partial charge on any atom is 0.394 e. The average molecular weight is 502 g/mol. The highest BCUT2D eigenvalue weighted by Gasteiger charge is 2.18. The molecular formula is C24H53O6S2+. The maximum absolute atomic E-state index is 9.78. The Morgan fingerprint density at radius 1 is 0.656 bits per heavy atom. The lowest BCUT2D eigenvalue weighted by Crippen LogP contribution is -2.21. The summed E-state index contributed by atoms with van der Waals surface area (Å²) in [5.41, 5.74) is 0. The molecule has 0 heterocycles. The Hall–Kier alpha value is 0.140. The lowest BCUT2D eigenvalue weighted by atomic mass is 10.0. The van der Waals surface area contributed by atoms with Crippen molar-refractivity contribution in [3.8, 4) is 0 Å². The second-order valence-electron chi connectivity index (χ2n) is 8.70. The maximum atomic E-state index is 9.78. The Kier molecular flexibility index (Phi) is 27.6. The van der Waals surface area contributed by atoms with Gasteiger partial charge < -0.3 is 10.2 Å². The van der Waals surface area contributed by atoms with Crippen molar-refractivity contribution in [1.29, 1.82) is 0 Å². The van der Waals surface area contributed by atoms with Crippen LogP contribution in [-0.2, 0) is 21.3 Å². The minimum atomic E-state index is -4.67. The first kappa shape index (κ1) is 34.3. The normalized spacial score (nSPS) is 13.4. The first-order valence-electron chi connectivity index (χ1n) is 12.9. The van der Waals surface area contributed by atoms with Crippen molar-refractivity contribution in [1.82, 2.24) is 0 Å². The van der Waals surface area contributed by atoms with Gasteiger partial charge in [-0.25, -0.2) is 0 Å². The van der Waals surface area contributed by atoms with Crippen LogP contribution < -0.4 is 0 Å². The van der Waals surface area contributed by atoms with E-state index >= 15 is 0 Å². The van der Waals surface area contributed by atoms with Crippen LogP contribution in [0.5, 0.6) is 0 Å². The van der Waals surface area contributed by atoms with E-state index in [4.69, 9.17) is 22.6 Å². The summed E-state index contributed by atoms with van der Waals surface area (Å²) in [5.74, 6) is 3.63. The minimum Gasteiger partial charge on any atom is -0.396 e. The molecule has 0 aliphatic rings. The largest absolute Gasteiger partial charge is 0.396 e. The number of rotatable bonds is 22. The Balaban J connectivity index is 0. The van der Waals surface area contributed by atoms with Crippen LogP contribution in [0, 0.1) is 0 Å². The van der Waals surface area contributed by atoms with Gasteiger partial charge in [0.15, 0.2) is 0 Å². The number of aliphatic hydroxyl groups excluding tert-OH is 2. The van der Waals surface area contributed by atoms with Gasteiger partial charge in [0.05, 0.1) is 6.10 Å². The van der Waals surface area contributed by atoms with Gasteiger partial charge in [-0.1, -0.05) is 90.9 Å². The molecular weight excluding hydrogens is 448 g/mol. The van der Waals surface area contributed by atoms with Crippen LogP contribution in [0.4, 0.5) is 0 Å². The summed E-state index contributed by atoms with van der Waals surface area (Å²) in [4.78, 5) is 0. The van der Waals surface area contributed by atoms with Gasteiger partial charge in [0.2, 0.25) is 0 Å². The fourth-order valence-electron chi connectivity index (χ4n) is 3.58. The molecule has 0 rings (SSSR count). The van der Waals surface area contributed by atoms with Gasteiger partial charge in [-0.05, 0) is 30.2 Å². The van der Waals surface area contributed by atoms with E-state index in [0.29, 0.717) is 17.5 Å². The molecule has 8 heteroatoms. The van der Waals surface area contributed by atoms with E-state index in [0.717, 1.165) is 30.8 Å². The molecule has 0 aliphatic carbocycles. The zero-order chi connectivity index (χ0) is 24.5. The Morgan fingerprint density at radius 3 is 1.41 bits per heavy atom. The topological polar surface area (TPSA) is 115 Å². The van der Waals surface area contributed by atoms with Crippen LogP contribution in [0.3, 0.4) is 0 Å². The second-order valence-corrected chi connectivity index (χ2v) is 12.0. The molecule has 0 aliphatic heterocycles. The van der Waals surface area contributed by atoms with Crippen molar-refractivity contribution in [2.75, 3.05) is 23.9 Å². The monoisotopic (exact) mass is 501 g/mol. The van der Waals surface area contributed by atoms with E-state index < -0.39 is 10.4 Å². The third-order valence-corrected chi connectivity index (χ3v) is 8.13. The molecule has 4 N–H and O–H groups in total. The Labute approximate surface area is 201 Å². The molecule has 32 heavy (non-hydrogen) atoms. The van der Waals surface area contributed by atoms with E-state index in [-0.39, 0.29) is 6.10 Å². The van der Waals surface area contributed by atoms with Crippen molar-refractivity contribution in [2.45, 2.75) is 129 Å². The molecule has 196 valence electrons. The first-order chi connectivity index (χ1) is 15.2. The molecule has 0 radical (unpaired) electrons. The third kappa shape index (κ3) is 34.7. The van der Waals surface area contributed by atoms with E-state index in [1.165, 1.54) is 95.6 Å². The number of aliphatic hydroxyl groups is 2. The first-order valence-corrected chi connectivity index (χ1v) is 16.0. The molecule has 2 atom stereocenters. The van der Waals surface area contributed by atoms with Gasteiger partial charge in [0, 0.05) is 19.4 Å². The van der Waals surface area contributed by atoms with Crippen LogP contribution in [-0.4, -0.2) is 57.7 Å². The van der Waals surface area contributed by atoms with Crippen molar-refractivity contribution in [3.05, 3.63) is 0 Å². The number of hydrogen-bond donors (Lipinski definition) is 4. The zero-order valence-electron chi connectivity index (χ0n) is 20.8. The summed E-state index contributed by atoms with van der Waals surface area (Å²) >= 11 is 0. The van der Waals surface area contributed by atoms with Crippen molar-refractivity contribution >= 4 is 21.3 Å². The fraction of sp³-hybridized carbons (Fsp3) is 1.00. The van der Waals surface area contributed by atoms with E-state index in [2.05, 4.69) is 13.8 Å². The molecule has 6 nitrogen and oxygen atoms in total. The third-order valence-electron chi connectivity index (χ3n) is 5.59. The number of hydrogen-bond acceptors (Lipinski definition) is 4. The Bertz CT molecular complexity index is 451. The predicted octanol–water partition coefficient (Wildman–Crippen LogP) is 5.98. The number of unbranched alkanes of at least 4 members (excludes halogenated alkanes) is 13. The molecule has 0 saturated carbocycles.